The van der Waals surface area contributed by atoms with E-state index < -0.39 is 14.9 Å². The number of hydrogen-bond acceptors (Lipinski definition) is 6. The quantitative estimate of drug-likeness (QED) is 0.653. The van der Waals surface area contributed by atoms with Crippen molar-refractivity contribution >= 4 is 21.4 Å². The first kappa shape index (κ1) is 16.4. The largest absolute Gasteiger partial charge is 0.368 e. The van der Waals surface area contributed by atoms with Crippen LogP contribution in [0, 0.1) is 10.1 Å². The summed E-state index contributed by atoms with van der Waals surface area (Å²) in [5, 5.41) is 20.4. The molecule has 1 unspecified atom stereocenters. The molecule has 0 aliphatic carbocycles. The minimum absolute atomic E-state index is 0.109. The van der Waals surface area contributed by atoms with Crippen molar-refractivity contribution < 1.29 is 13.3 Å². The molecule has 0 radical (unpaired) electrons. The summed E-state index contributed by atoms with van der Waals surface area (Å²) in [7, 11) is -4.08. The molecule has 1 aromatic heterocycles. The maximum atomic E-state index is 11.9. The zero-order valence-corrected chi connectivity index (χ0v) is 13.6. The van der Waals surface area contributed by atoms with Gasteiger partial charge in [-0.2, -0.15) is 5.10 Å². The predicted octanol–water partition coefficient (Wildman–Crippen LogP) is 1.28. The van der Waals surface area contributed by atoms with Crippen molar-refractivity contribution in [1.82, 2.24) is 9.78 Å². The number of piperidine rings is 1. The maximum Gasteiger partial charge on any atom is 0.270 e. The van der Waals surface area contributed by atoms with Gasteiger partial charge in [0.05, 0.1) is 16.7 Å². The third-order valence-electron chi connectivity index (χ3n) is 4.10. The van der Waals surface area contributed by atoms with E-state index in [-0.39, 0.29) is 16.6 Å². The molecule has 0 amide bonds. The zero-order valence-electron chi connectivity index (χ0n) is 12.8. The van der Waals surface area contributed by atoms with E-state index >= 15 is 0 Å². The number of hydrogen-bond donors (Lipinski definition) is 1. The van der Waals surface area contributed by atoms with Crippen LogP contribution in [0.1, 0.15) is 18.9 Å². The molecule has 9 nitrogen and oxygen atoms in total. The van der Waals surface area contributed by atoms with Crippen molar-refractivity contribution in [2.75, 3.05) is 18.0 Å². The van der Waals surface area contributed by atoms with Crippen molar-refractivity contribution in [1.29, 1.82) is 0 Å². The molecule has 0 spiro atoms. The minimum Gasteiger partial charge on any atom is -0.368 e. The zero-order chi connectivity index (χ0) is 17.3. The van der Waals surface area contributed by atoms with E-state index in [1.807, 2.05) is 21.8 Å². The number of aromatic nitrogens is 2. The SMILES string of the molecule is NS(=O)(=O)c1cc([N+](=O)[O-])ccc1N1CCCC(n2cccn2)C1. The van der Waals surface area contributed by atoms with E-state index in [1.165, 1.54) is 12.1 Å². The van der Waals surface area contributed by atoms with Gasteiger partial charge < -0.3 is 4.90 Å². The molecule has 0 bridgehead atoms. The Labute approximate surface area is 138 Å². The van der Waals surface area contributed by atoms with Crippen LogP contribution in [0.2, 0.25) is 0 Å². The average Bonchev–Trinajstić information content (AvgIpc) is 3.08. The molecule has 24 heavy (non-hydrogen) atoms. The second-order valence-corrected chi connectivity index (χ2v) is 7.21. The molecule has 1 saturated heterocycles. The van der Waals surface area contributed by atoms with Gasteiger partial charge >= 0.3 is 0 Å². The van der Waals surface area contributed by atoms with Gasteiger partial charge in [0.15, 0.2) is 0 Å². The molecule has 3 rings (SSSR count). The minimum atomic E-state index is -4.08. The Morgan fingerprint density at radius 2 is 2.17 bits per heavy atom. The van der Waals surface area contributed by atoms with Crippen LogP contribution in [0.25, 0.3) is 0 Å². The molecule has 128 valence electrons. The number of benzene rings is 1. The van der Waals surface area contributed by atoms with Crippen molar-refractivity contribution in [3.63, 3.8) is 0 Å². The molecule has 10 heteroatoms. The molecule has 0 saturated carbocycles. The van der Waals surface area contributed by atoms with Crippen LogP contribution in [0.3, 0.4) is 0 Å². The summed E-state index contributed by atoms with van der Waals surface area (Å²) in [4.78, 5) is 11.9. The predicted molar refractivity (Wildman–Crippen MR) is 87.2 cm³/mol. The van der Waals surface area contributed by atoms with Gasteiger partial charge in [-0.3, -0.25) is 14.8 Å². The van der Waals surface area contributed by atoms with Gasteiger partial charge in [-0.1, -0.05) is 0 Å². The van der Waals surface area contributed by atoms with Gasteiger partial charge in [0.2, 0.25) is 10.0 Å². The van der Waals surface area contributed by atoms with Gasteiger partial charge in [-0.25, -0.2) is 13.6 Å². The molecular formula is C14H17N5O4S. The highest BCUT2D eigenvalue weighted by atomic mass is 32.2. The van der Waals surface area contributed by atoms with E-state index in [4.69, 9.17) is 5.14 Å². The monoisotopic (exact) mass is 351 g/mol. The normalized spacial score (nSPS) is 18.5. The number of sulfonamides is 1. The van der Waals surface area contributed by atoms with Crippen LogP contribution in [0.4, 0.5) is 11.4 Å². The lowest BCUT2D eigenvalue weighted by Crippen LogP contribution is -2.37. The number of anilines is 1. The molecule has 2 aromatic rings. The summed E-state index contributed by atoms with van der Waals surface area (Å²) < 4.78 is 25.6. The second kappa shape index (κ2) is 6.21. The number of rotatable bonds is 4. The Kier molecular flexibility index (Phi) is 4.24. The van der Waals surface area contributed by atoms with Crippen LogP contribution in [-0.2, 0) is 10.0 Å². The van der Waals surface area contributed by atoms with E-state index in [9.17, 15) is 18.5 Å². The third kappa shape index (κ3) is 3.24. The lowest BCUT2D eigenvalue weighted by atomic mass is 10.0. The molecular weight excluding hydrogens is 334 g/mol. The average molecular weight is 351 g/mol. The second-order valence-electron chi connectivity index (χ2n) is 5.68. The summed E-state index contributed by atoms with van der Waals surface area (Å²) >= 11 is 0. The van der Waals surface area contributed by atoms with Gasteiger partial charge in [0.1, 0.15) is 4.90 Å². The van der Waals surface area contributed by atoms with E-state index in [0.29, 0.717) is 18.8 Å². The number of nitrogens with two attached hydrogens (primary N) is 1. The fraction of sp³-hybridized carbons (Fsp3) is 0.357. The molecule has 1 aromatic carbocycles. The Bertz CT molecular complexity index is 850. The highest BCUT2D eigenvalue weighted by molar-refractivity contribution is 7.89. The van der Waals surface area contributed by atoms with Crippen molar-refractivity contribution in [3.05, 3.63) is 46.8 Å². The Balaban J connectivity index is 1.97. The summed E-state index contributed by atoms with van der Waals surface area (Å²) in [5.74, 6) is 0. The first-order chi connectivity index (χ1) is 11.4. The van der Waals surface area contributed by atoms with Gasteiger partial charge in [-0.05, 0) is 25.0 Å². The van der Waals surface area contributed by atoms with Crippen LogP contribution in [0.15, 0.2) is 41.6 Å². The highest BCUT2D eigenvalue weighted by Gasteiger charge is 2.27. The van der Waals surface area contributed by atoms with Crippen LogP contribution in [-0.4, -0.2) is 36.2 Å². The smallest absolute Gasteiger partial charge is 0.270 e. The van der Waals surface area contributed by atoms with E-state index in [0.717, 1.165) is 18.9 Å². The summed E-state index contributed by atoms with van der Waals surface area (Å²) in [6, 6.07) is 5.70. The lowest BCUT2D eigenvalue weighted by Gasteiger charge is -2.35. The number of primary sulfonamides is 1. The molecule has 1 aliphatic rings. The van der Waals surface area contributed by atoms with E-state index in [1.54, 1.807) is 6.20 Å². The molecule has 1 fully saturated rings. The Hall–Kier alpha value is -2.46. The molecule has 2 heterocycles. The maximum absolute atomic E-state index is 11.9. The first-order valence-corrected chi connectivity index (χ1v) is 8.96. The number of nitrogens with zero attached hydrogens (tertiary/aromatic N) is 4. The highest BCUT2D eigenvalue weighted by Crippen LogP contribution is 2.32. The van der Waals surface area contributed by atoms with Crippen molar-refractivity contribution in [2.45, 2.75) is 23.8 Å². The topological polar surface area (TPSA) is 124 Å². The fourth-order valence-corrected chi connectivity index (χ4v) is 3.77. The van der Waals surface area contributed by atoms with Crippen molar-refractivity contribution in [3.8, 4) is 0 Å². The number of nitro benzene ring substituents is 1. The van der Waals surface area contributed by atoms with Crippen LogP contribution >= 0.6 is 0 Å². The van der Waals surface area contributed by atoms with Crippen LogP contribution < -0.4 is 10.0 Å². The lowest BCUT2D eigenvalue weighted by molar-refractivity contribution is -0.385. The number of nitro groups is 1. The summed E-state index contributed by atoms with van der Waals surface area (Å²) in [6.07, 6.45) is 5.34. The molecule has 2 N–H and O–H groups in total. The van der Waals surface area contributed by atoms with Gasteiger partial charge in [0, 0.05) is 37.6 Å². The third-order valence-corrected chi connectivity index (χ3v) is 5.04. The standard InChI is InChI=1S/C14H17N5O4S/c15-24(22,23)14-9-11(19(20)21)4-5-13(14)17-7-1-3-12(10-17)18-8-2-6-16-18/h2,4-6,8-9,12H,1,3,7,10H2,(H2,15,22,23). The van der Waals surface area contributed by atoms with Gasteiger partial charge in [0.25, 0.3) is 5.69 Å². The van der Waals surface area contributed by atoms with E-state index in [2.05, 4.69) is 5.10 Å². The first-order valence-electron chi connectivity index (χ1n) is 7.41. The van der Waals surface area contributed by atoms with Crippen LogP contribution in [0.5, 0.6) is 0 Å². The fourth-order valence-electron chi connectivity index (χ4n) is 2.99. The Morgan fingerprint density at radius 3 is 2.79 bits per heavy atom. The molecule has 1 atom stereocenters. The van der Waals surface area contributed by atoms with Gasteiger partial charge in [-0.15, -0.1) is 0 Å². The summed E-state index contributed by atoms with van der Waals surface area (Å²) in [6.45, 7) is 1.21. The molecule has 1 aliphatic heterocycles. The Morgan fingerprint density at radius 1 is 1.38 bits per heavy atom. The van der Waals surface area contributed by atoms with Crippen molar-refractivity contribution in [2.24, 2.45) is 5.14 Å². The number of non-ortho nitro benzene ring substituents is 1. The summed E-state index contributed by atoms with van der Waals surface area (Å²) in [5.41, 5.74) is 0.0865.